The average Bonchev–Trinajstić information content (AvgIpc) is 1.00. The topological polar surface area (TPSA) is 0 Å². The Labute approximate surface area is 74.7 Å². The van der Waals surface area contributed by atoms with E-state index in [1.807, 2.05) is 0 Å². The summed E-state index contributed by atoms with van der Waals surface area (Å²) in [6, 6.07) is 0. The number of rotatable bonds is 0. The van der Waals surface area contributed by atoms with Crippen molar-refractivity contribution < 1.29 is 34.1 Å². The third kappa shape index (κ3) is 24.5. The molecule has 0 spiro atoms. The normalized spacial score (nSPS) is 1.20. The van der Waals surface area contributed by atoms with E-state index in [1.54, 1.807) is 0 Å². The molecule has 0 radical (unpaired) electrons. The summed E-state index contributed by atoms with van der Waals surface area (Å²) in [5.74, 6) is 0. The Morgan fingerprint density at radius 3 is 1.40 bits per heavy atom. The van der Waals surface area contributed by atoms with Gasteiger partial charge in [0, 0.05) is 6.38 Å². The smallest absolute Gasteiger partial charge is 1.00 e. The molecule has 0 amide bonds. The Hall–Kier alpha value is 1.94. The van der Waals surface area contributed by atoms with E-state index in [2.05, 4.69) is 11.6 Å². The van der Waals surface area contributed by atoms with E-state index in [-0.39, 0.29) is 57.2 Å². The molecule has 0 aliphatic carbocycles. The molecule has 0 atom stereocenters. The van der Waals surface area contributed by atoms with Crippen molar-refractivity contribution in [3.63, 3.8) is 0 Å². The monoisotopic (exact) mass is 118 g/mol. The molecule has 0 saturated heterocycles. The minimum absolute atomic E-state index is 0. The molecular formula is CH5Cl2LiMg. The molecule has 0 unspecified atom stereocenters. The van der Waals surface area contributed by atoms with Crippen LogP contribution in [-0.4, -0.2) is 29.4 Å². The van der Waals surface area contributed by atoms with Gasteiger partial charge in [0.25, 0.3) is 0 Å². The van der Waals surface area contributed by atoms with Crippen molar-refractivity contribution in [3.05, 3.63) is 0 Å². The zero-order chi connectivity index (χ0) is 2.00. The van der Waals surface area contributed by atoms with E-state index >= 15 is 0 Å². The van der Waals surface area contributed by atoms with Crippen molar-refractivity contribution in [3.8, 4) is 0 Å². The van der Waals surface area contributed by atoms with Crippen LogP contribution < -0.4 is 31.3 Å². The number of hydrogen-bond acceptors (Lipinski definition) is 0. The van der Waals surface area contributed by atoms with Crippen molar-refractivity contribution in [2.75, 3.05) is 6.38 Å². The maximum Gasteiger partial charge on any atom is 2.00 e. The fraction of sp³-hybridized carbons (Fsp3) is 1.00. The van der Waals surface area contributed by atoms with Crippen molar-refractivity contribution in [1.82, 2.24) is 0 Å². The number of alkyl halides is 1. The molecule has 0 bridgehead atoms. The molecule has 4 heteroatoms. The van der Waals surface area contributed by atoms with Gasteiger partial charge >= 0.3 is 41.9 Å². The van der Waals surface area contributed by atoms with Gasteiger partial charge in [-0.3, -0.25) is 0 Å². The third-order valence-electron chi connectivity index (χ3n) is 0. The first kappa shape index (κ1) is 28.3. The molecule has 0 aromatic heterocycles. The quantitative estimate of drug-likeness (QED) is 0.221. The van der Waals surface area contributed by atoms with Crippen molar-refractivity contribution in [2.45, 2.75) is 0 Å². The van der Waals surface area contributed by atoms with Crippen molar-refractivity contribution in [1.29, 1.82) is 0 Å². The van der Waals surface area contributed by atoms with E-state index in [1.165, 1.54) is 6.38 Å². The van der Waals surface area contributed by atoms with Crippen LogP contribution in [0.3, 0.4) is 0 Å². The fourth-order valence-electron chi connectivity index (χ4n) is 0. The molecular weight excluding hydrogens is 114 g/mol. The standard InChI is InChI=1S/CH3Cl.ClH.Li.Mg.2H/c1-2;;;;;/h1H3;1H;;;;/q;;+1;+2;2*-1/p-1. The number of hydrogen-bond donors (Lipinski definition) is 0. The van der Waals surface area contributed by atoms with Crippen LogP contribution in [-0.2, 0) is 0 Å². The van der Waals surface area contributed by atoms with E-state index in [0.29, 0.717) is 0 Å². The molecule has 26 valence electrons. The van der Waals surface area contributed by atoms with Gasteiger partial charge in [-0.2, -0.15) is 0 Å². The molecule has 5 heavy (non-hydrogen) atoms. The van der Waals surface area contributed by atoms with Gasteiger partial charge in [0.15, 0.2) is 0 Å². The first-order chi connectivity index (χ1) is 1.00. The Balaban J connectivity index is -0.000000000500. The molecule has 0 saturated carbocycles. The minimum atomic E-state index is 0. The molecule has 0 heterocycles. The second-order valence-corrected chi connectivity index (χ2v) is 0. The molecule has 0 N–H and O–H groups in total. The van der Waals surface area contributed by atoms with Crippen LogP contribution in [0, 0.1) is 0 Å². The summed E-state index contributed by atoms with van der Waals surface area (Å²) >= 11 is 4.64. The van der Waals surface area contributed by atoms with Crippen LogP contribution in [0.5, 0.6) is 0 Å². The van der Waals surface area contributed by atoms with E-state index < -0.39 is 0 Å². The molecule has 0 aliphatic heterocycles. The fourth-order valence-corrected chi connectivity index (χ4v) is 0. The Morgan fingerprint density at radius 1 is 1.40 bits per heavy atom. The zero-order valence-electron chi connectivity index (χ0n) is 5.46. The SMILES string of the molecule is CCl.[Cl-].[H-].[H-].[Li+].[Mg+2]. The molecule has 0 nitrogen and oxygen atoms in total. The van der Waals surface area contributed by atoms with Gasteiger partial charge in [-0.05, 0) is 0 Å². The third-order valence-corrected chi connectivity index (χ3v) is 0. The van der Waals surface area contributed by atoms with E-state index in [9.17, 15) is 0 Å². The zero-order valence-corrected chi connectivity index (χ0v) is 6.39. The Morgan fingerprint density at radius 2 is 1.40 bits per heavy atom. The van der Waals surface area contributed by atoms with Gasteiger partial charge in [-0.25, -0.2) is 0 Å². The van der Waals surface area contributed by atoms with Crippen LogP contribution in [0.15, 0.2) is 0 Å². The molecule has 0 aromatic rings. The summed E-state index contributed by atoms with van der Waals surface area (Å²) in [5.41, 5.74) is 0. The summed E-state index contributed by atoms with van der Waals surface area (Å²) < 4.78 is 0. The largest absolute Gasteiger partial charge is 2.00 e. The average molecular weight is 119 g/mol. The molecule has 0 aromatic carbocycles. The van der Waals surface area contributed by atoms with Crippen LogP contribution in [0.2, 0.25) is 0 Å². The number of halogens is 2. The van der Waals surface area contributed by atoms with Crippen molar-refractivity contribution >= 4 is 34.7 Å². The first-order valence-corrected chi connectivity index (χ1v) is 1.13. The van der Waals surface area contributed by atoms with Crippen molar-refractivity contribution in [2.24, 2.45) is 0 Å². The van der Waals surface area contributed by atoms with Gasteiger partial charge < -0.3 is 15.3 Å². The molecule has 0 aliphatic rings. The van der Waals surface area contributed by atoms with Gasteiger partial charge in [0.2, 0.25) is 0 Å². The predicted octanol–water partition coefficient (Wildman–Crippen LogP) is -5.29. The second kappa shape index (κ2) is 38.5. The summed E-state index contributed by atoms with van der Waals surface area (Å²) in [4.78, 5) is 0. The second-order valence-electron chi connectivity index (χ2n) is 0. The summed E-state index contributed by atoms with van der Waals surface area (Å²) in [7, 11) is 0. The van der Waals surface area contributed by atoms with Crippen LogP contribution in [0.25, 0.3) is 0 Å². The van der Waals surface area contributed by atoms with Gasteiger partial charge in [-0.1, -0.05) is 0 Å². The predicted molar refractivity (Wildman–Crippen MR) is 19.8 cm³/mol. The van der Waals surface area contributed by atoms with Crippen LogP contribution in [0.1, 0.15) is 2.85 Å². The summed E-state index contributed by atoms with van der Waals surface area (Å²) in [6.45, 7) is 0. The Bertz CT molecular complexity index is 15.7. The van der Waals surface area contributed by atoms with E-state index in [0.717, 1.165) is 0 Å². The first-order valence-electron chi connectivity index (χ1n) is 0.378. The molecule has 0 fully saturated rings. The minimum Gasteiger partial charge on any atom is -1.00 e. The van der Waals surface area contributed by atoms with E-state index in [4.69, 9.17) is 0 Å². The van der Waals surface area contributed by atoms with Crippen LogP contribution in [0.4, 0.5) is 0 Å². The summed E-state index contributed by atoms with van der Waals surface area (Å²) in [5, 5.41) is 0. The van der Waals surface area contributed by atoms with Gasteiger partial charge in [-0.15, -0.1) is 11.6 Å². The van der Waals surface area contributed by atoms with Crippen LogP contribution >= 0.6 is 11.6 Å². The maximum absolute atomic E-state index is 4.64. The summed E-state index contributed by atoms with van der Waals surface area (Å²) in [6.07, 6.45) is 1.47. The van der Waals surface area contributed by atoms with Gasteiger partial charge in [0.05, 0.1) is 0 Å². The van der Waals surface area contributed by atoms with Gasteiger partial charge in [0.1, 0.15) is 0 Å². The molecule has 0 rings (SSSR count). The Kier molecular flexibility index (Phi) is 218. The maximum atomic E-state index is 4.64.